The summed E-state index contributed by atoms with van der Waals surface area (Å²) in [5.74, 6) is -0.888. The second-order valence-electron chi connectivity index (χ2n) is 2.66. The second-order valence-corrected chi connectivity index (χ2v) is 2.66. The van der Waals surface area contributed by atoms with Crippen LogP contribution in [-0.2, 0) is 11.2 Å². The molecule has 0 fully saturated rings. The van der Waals surface area contributed by atoms with Crippen molar-refractivity contribution in [1.29, 1.82) is 0 Å². The molecule has 0 aliphatic rings. The Bertz CT molecular complexity index is 449. The van der Waals surface area contributed by atoms with E-state index in [1.54, 1.807) is 18.5 Å². The smallest absolute Gasteiger partial charge is 0.309 e. The van der Waals surface area contributed by atoms with E-state index in [1.807, 2.05) is 0 Å². The second kappa shape index (κ2) is 2.85. The molecule has 0 aromatic carbocycles. The van der Waals surface area contributed by atoms with Gasteiger partial charge in [0, 0.05) is 11.6 Å². The van der Waals surface area contributed by atoms with Gasteiger partial charge >= 0.3 is 5.97 Å². The molecule has 0 saturated carbocycles. The summed E-state index contributed by atoms with van der Waals surface area (Å²) in [7, 11) is 0. The number of nitrogens with zero attached hydrogens (tertiary/aromatic N) is 2. The topological polar surface area (TPSA) is 78.9 Å². The normalized spacial score (nSPS) is 10.5. The largest absolute Gasteiger partial charge is 0.481 e. The first kappa shape index (κ1) is 7.72. The van der Waals surface area contributed by atoms with Gasteiger partial charge in [0.05, 0.1) is 23.8 Å². The lowest BCUT2D eigenvalue weighted by Crippen LogP contribution is -2.02. The van der Waals surface area contributed by atoms with E-state index in [0.29, 0.717) is 5.69 Å². The molecule has 2 aromatic rings. The van der Waals surface area contributed by atoms with Crippen LogP contribution in [0.1, 0.15) is 5.69 Å². The molecule has 0 radical (unpaired) electrons. The maximum absolute atomic E-state index is 10.5. The highest BCUT2D eigenvalue weighted by atomic mass is 16.4. The van der Waals surface area contributed by atoms with E-state index >= 15 is 0 Å². The summed E-state index contributed by atoms with van der Waals surface area (Å²) < 4.78 is 0. The zero-order valence-corrected chi connectivity index (χ0v) is 6.69. The number of hydrogen-bond acceptors (Lipinski definition) is 3. The minimum atomic E-state index is -0.888. The molecule has 0 aliphatic carbocycles. The molecule has 2 rings (SSSR count). The highest BCUT2D eigenvalue weighted by Gasteiger charge is 2.07. The number of aliphatic carboxylic acids is 1. The number of carboxylic acid groups (broad SMARTS) is 1. The molecule has 66 valence electrons. The lowest BCUT2D eigenvalue weighted by molar-refractivity contribution is -0.136. The van der Waals surface area contributed by atoms with Gasteiger partial charge in [0.2, 0.25) is 0 Å². The van der Waals surface area contributed by atoms with Gasteiger partial charge in [0.1, 0.15) is 0 Å². The van der Waals surface area contributed by atoms with Crippen LogP contribution in [0.5, 0.6) is 0 Å². The Hall–Kier alpha value is -1.91. The highest BCUT2D eigenvalue weighted by Crippen LogP contribution is 2.13. The number of hydrogen-bond donors (Lipinski definition) is 2. The average molecular weight is 177 g/mol. The van der Waals surface area contributed by atoms with Gasteiger partial charge in [0.25, 0.3) is 0 Å². The molecule has 0 aliphatic heterocycles. The van der Waals surface area contributed by atoms with Gasteiger partial charge in [-0.05, 0) is 6.07 Å². The fraction of sp³-hybridized carbons (Fsp3) is 0.125. The summed E-state index contributed by atoms with van der Waals surface area (Å²) in [5, 5.41) is 15.9. The Kier molecular flexibility index (Phi) is 1.70. The van der Waals surface area contributed by atoms with E-state index in [1.165, 1.54) is 0 Å². The van der Waals surface area contributed by atoms with E-state index in [0.717, 1.165) is 10.9 Å². The molecule has 2 heterocycles. The van der Waals surface area contributed by atoms with Crippen molar-refractivity contribution in [2.24, 2.45) is 0 Å². The van der Waals surface area contributed by atoms with E-state index in [9.17, 15) is 4.79 Å². The standard InChI is InChI=1S/C8H7N3O2/c12-8(13)3-7-5-4-10-11-6(5)1-2-9-7/h1-2,4H,3H2,(H,10,11)(H,12,13). The van der Waals surface area contributed by atoms with Crippen LogP contribution in [0.2, 0.25) is 0 Å². The number of pyridine rings is 1. The predicted molar refractivity (Wildman–Crippen MR) is 45.2 cm³/mol. The molecule has 2 aromatic heterocycles. The van der Waals surface area contributed by atoms with Gasteiger partial charge in [-0.1, -0.05) is 0 Å². The summed E-state index contributed by atoms with van der Waals surface area (Å²) in [6.45, 7) is 0. The van der Waals surface area contributed by atoms with Gasteiger partial charge in [-0.2, -0.15) is 5.10 Å². The summed E-state index contributed by atoms with van der Waals surface area (Å²) in [5.41, 5.74) is 1.35. The zero-order valence-electron chi connectivity index (χ0n) is 6.69. The fourth-order valence-electron chi connectivity index (χ4n) is 1.21. The summed E-state index contributed by atoms with van der Waals surface area (Å²) in [6, 6.07) is 1.76. The Balaban J connectivity index is 2.54. The molecule has 13 heavy (non-hydrogen) atoms. The molecule has 2 N–H and O–H groups in total. The Labute approximate surface area is 73.4 Å². The summed E-state index contributed by atoms with van der Waals surface area (Å²) in [4.78, 5) is 14.4. The van der Waals surface area contributed by atoms with Gasteiger partial charge in [0.15, 0.2) is 0 Å². The maximum atomic E-state index is 10.5. The predicted octanol–water partition coefficient (Wildman–Crippen LogP) is 0.585. The van der Waals surface area contributed by atoms with Crippen molar-refractivity contribution < 1.29 is 9.90 Å². The number of H-pyrrole nitrogens is 1. The third kappa shape index (κ3) is 1.35. The van der Waals surface area contributed by atoms with Crippen LogP contribution >= 0.6 is 0 Å². The van der Waals surface area contributed by atoms with Crippen LogP contribution in [0.3, 0.4) is 0 Å². The first-order valence-electron chi connectivity index (χ1n) is 3.76. The van der Waals surface area contributed by atoms with E-state index in [-0.39, 0.29) is 6.42 Å². The monoisotopic (exact) mass is 177 g/mol. The van der Waals surface area contributed by atoms with Gasteiger partial charge < -0.3 is 5.11 Å². The molecule has 0 amide bonds. The zero-order chi connectivity index (χ0) is 9.26. The van der Waals surface area contributed by atoms with Gasteiger partial charge in [-0.15, -0.1) is 0 Å². The van der Waals surface area contributed by atoms with Crippen molar-refractivity contribution in [3.63, 3.8) is 0 Å². The van der Waals surface area contributed by atoms with E-state index in [4.69, 9.17) is 5.11 Å². The minimum absolute atomic E-state index is 0.0725. The average Bonchev–Trinajstić information content (AvgIpc) is 2.51. The van der Waals surface area contributed by atoms with Crippen LogP contribution in [-0.4, -0.2) is 26.3 Å². The number of aromatic nitrogens is 3. The van der Waals surface area contributed by atoms with Crippen LogP contribution in [0.15, 0.2) is 18.5 Å². The number of rotatable bonds is 2. The SMILES string of the molecule is O=C(O)Cc1nccc2[nH]ncc12. The Morgan fingerprint density at radius 3 is 3.23 bits per heavy atom. The lowest BCUT2D eigenvalue weighted by atomic mass is 10.2. The molecule has 5 nitrogen and oxygen atoms in total. The lowest BCUT2D eigenvalue weighted by Gasteiger charge is -1.96. The van der Waals surface area contributed by atoms with E-state index < -0.39 is 5.97 Å². The quantitative estimate of drug-likeness (QED) is 0.703. The number of nitrogens with one attached hydrogen (secondary N) is 1. The molecule has 0 unspecified atom stereocenters. The first-order chi connectivity index (χ1) is 6.27. The maximum Gasteiger partial charge on any atom is 0.309 e. The number of aromatic amines is 1. The van der Waals surface area contributed by atoms with Crippen LogP contribution < -0.4 is 0 Å². The molecule has 5 heteroatoms. The van der Waals surface area contributed by atoms with Crippen LogP contribution in [0.4, 0.5) is 0 Å². The summed E-state index contributed by atoms with van der Waals surface area (Å²) in [6.07, 6.45) is 3.08. The Morgan fingerprint density at radius 1 is 1.62 bits per heavy atom. The third-order valence-corrected chi connectivity index (χ3v) is 1.77. The third-order valence-electron chi connectivity index (χ3n) is 1.77. The Morgan fingerprint density at radius 2 is 2.46 bits per heavy atom. The molecule has 0 spiro atoms. The van der Waals surface area contributed by atoms with Gasteiger partial charge in [-0.25, -0.2) is 0 Å². The van der Waals surface area contributed by atoms with Crippen LogP contribution in [0.25, 0.3) is 10.9 Å². The molecule has 0 atom stereocenters. The van der Waals surface area contributed by atoms with Crippen molar-refractivity contribution in [3.8, 4) is 0 Å². The minimum Gasteiger partial charge on any atom is -0.481 e. The first-order valence-corrected chi connectivity index (χ1v) is 3.76. The molecule has 0 bridgehead atoms. The van der Waals surface area contributed by atoms with E-state index in [2.05, 4.69) is 15.2 Å². The number of carbonyl (C=O) groups is 1. The van der Waals surface area contributed by atoms with Crippen molar-refractivity contribution >= 4 is 16.9 Å². The molecular formula is C8H7N3O2. The molecular weight excluding hydrogens is 170 g/mol. The number of fused-ring (bicyclic) bond motifs is 1. The fourth-order valence-corrected chi connectivity index (χ4v) is 1.21. The van der Waals surface area contributed by atoms with Crippen molar-refractivity contribution in [1.82, 2.24) is 15.2 Å². The van der Waals surface area contributed by atoms with Crippen LogP contribution in [0, 0.1) is 0 Å². The highest BCUT2D eigenvalue weighted by molar-refractivity contribution is 5.83. The van der Waals surface area contributed by atoms with Crippen molar-refractivity contribution in [2.45, 2.75) is 6.42 Å². The summed E-state index contributed by atoms with van der Waals surface area (Å²) >= 11 is 0. The van der Waals surface area contributed by atoms with Crippen molar-refractivity contribution in [3.05, 3.63) is 24.2 Å². The van der Waals surface area contributed by atoms with Gasteiger partial charge in [-0.3, -0.25) is 14.9 Å². The number of carboxylic acids is 1. The van der Waals surface area contributed by atoms with Crippen molar-refractivity contribution in [2.75, 3.05) is 0 Å². The molecule has 0 saturated heterocycles.